The fourth-order valence-corrected chi connectivity index (χ4v) is 3.64. The van der Waals surface area contributed by atoms with Crippen LogP contribution < -0.4 is 0 Å². The van der Waals surface area contributed by atoms with Crippen LogP contribution in [0.5, 0.6) is 0 Å². The summed E-state index contributed by atoms with van der Waals surface area (Å²) in [6.45, 7) is 4.32. The van der Waals surface area contributed by atoms with E-state index in [-0.39, 0.29) is 0 Å². The quantitative estimate of drug-likeness (QED) is 0.601. The highest BCUT2D eigenvalue weighted by Crippen LogP contribution is 2.39. The Morgan fingerprint density at radius 1 is 1.09 bits per heavy atom. The van der Waals surface area contributed by atoms with E-state index in [2.05, 4.69) is 87.4 Å². The highest BCUT2D eigenvalue weighted by molar-refractivity contribution is 8.03. The Labute approximate surface area is 144 Å². The topological polar surface area (TPSA) is 0 Å². The number of fused-ring (bicyclic) bond motifs is 1. The maximum atomic E-state index is 4.00. The average Bonchev–Trinajstić information content (AvgIpc) is 3.00. The summed E-state index contributed by atoms with van der Waals surface area (Å²) in [7, 11) is 0. The van der Waals surface area contributed by atoms with Gasteiger partial charge in [0.25, 0.3) is 0 Å². The van der Waals surface area contributed by atoms with Crippen LogP contribution in [0.1, 0.15) is 30.0 Å². The van der Waals surface area contributed by atoms with E-state index in [1.54, 1.807) is 0 Å². The third kappa shape index (κ3) is 4.65. The molecule has 23 heavy (non-hydrogen) atoms. The maximum Gasteiger partial charge on any atom is 0.0154 e. The minimum atomic E-state index is 1.01. The number of benzene rings is 2. The van der Waals surface area contributed by atoms with Gasteiger partial charge in [-0.2, -0.15) is 0 Å². The predicted octanol–water partition coefficient (Wildman–Crippen LogP) is 6.27. The molecule has 2 aromatic rings. The molecule has 0 unspecified atom stereocenters. The van der Waals surface area contributed by atoms with Gasteiger partial charge in [0.2, 0.25) is 0 Å². The van der Waals surface area contributed by atoms with E-state index in [0.29, 0.717) is 0 Å². The van der Waals surface area contributed by atoms with Gasteiger partial charge in [-0.05, 0) is 47.9 Å². The number of hydrogen-bond donors (Lipinski definition) is 0. The van der Waals surface area contributed by atoms with Crippen molar-refractivity contribution in [1.82, 2.24) is 0 Å². The van der Waals surface area contributed by atoms with Crippen LogP contribution in [-0.2, 0) is 6.42 Å². The van der Waals surface area contributed by atoms with Crippen molar-refractivity contribution in [1.29, 1.82) is 0 Å². The van der Waals surface area contributed by atoms with Gasteiger partial charge in [0.15, 0.2) is 0 Å². The molecule has 2 aromatic carbocycles. The molecule has 0 aromatic heterocycles. The summed E-state index contributed by atoms with van der Waals surface area (Å²) >= 11 is 1.92. The highest BCUT2D eigenvalue weighted by atomic mass is 32.2. The first kappa shape index (κ1) is 17.2. The van der Waals surface area contributed by atoms with E-state index in [1.165, 1.54) is 32.1 Å². The molecule has 0 saturated carbocycles. The molecule has 0 nitrogen and oxygen atoms in total. The lowest BCUT2D eigenvalue weighted by atomic mass is 10.0. The predicted molar refractivity (Wildman–Crippen MR) is 103 cm³/mol. The highest BCUT2D eigenvalue weighted by Gasteiger charge is 2.14. The van der Waals surface area contributed by atoms with Crippen LogP contribution in [-0.4, -0.2) is 0 Å². The lowest BCUT2D eigenvalue weighted by Gasteiger charge is -2.02. The number of rotatable bonds is 3. The number of hydrogen-bond acceptors (Lipinski definition) is 1. The van der Waals surface area contributed by atoms with Crippen molar-refractivity contribution >= 4 is 17.3 Å². The number of allylic oxidation sites excluding steroid dienone is 4. The second kappa shape index (κ2) is 8.46. The van der Waals surface area contributed by atoms with E-state index >= 15 is 0 Å². The fourth-order valence-electron chi connectivity index (χ4n) is 2.53. The molecule has 0 atom stereocenters. The minimum Gasteiger partial charge on any atom is -0.124 e. The van der Waals surface area contributed by atoms with Gasteiger partial charge in [-0.25, -0.2) is 0 Å². The van der Waals surface area contributed by atoms with E-state index < -0.39 is 0 Å². The molecule has 1 aliphatic heterocycles. The van der Waals surface area contributed by atoms with Crippen molar-refractivity contribution in [3.8, 4) is 12.8 Å². The molecular weight excluding hydrogens is 296 g/mol. The van der Waals surface area contributed by atoms with Crippen LogP contribution in [0.3, 0.4) is 0 Å². The van der Waals surface area contributed by atoms with Gasteiger partial charge in [0.1, 0.15) is 0 Å². The summed E-state index contributed by atoms with van der Waals surface area (Å²) in [5, 5.41) is 0. The van der Waals surface area contributed by atoms with Crippen LogP contribution in [0.4, 0.5) is 0 Å². The zero-order valence-electron chi connectivity index (χ0n) is 13.8. The first-order valence-corrected chi connectivity index (χ1v) is 8.56. The van der Waals surface area contributed by atoms with Crippen molar-refractivity contribution in [2.45, 2.75) is 31.6 Å². The van der Waals surface area contributed by atoms with Gasteiger partial charge < -0.3 is 0 Å². The summed E-state index contributed by atoms with van der Waals surface area (Å²) in [5.41, 5.74) is 5.45. The lowest BCUT2D eigenvalue weighted by Crippen LogP contribution is -1.81. The van der Waals surface area contributed by atoms with E-state index in [9.17, 15) is 0 Å². The second-order valence-electron chi connectivity index (χ2n) is 5.55. The molecule has 0 bridgehead atoms. The van der Waals surface area contributed by atoms with Crippen LogP contribution in [0.2, 0.25) is 0 Å². The Balaban J connectivity index is 0.000000924. The molecule has 0 amide bonds. The van der Waals surface area contributed by atoms with Gasteiger partial charge in [0, 0.05) is 11.3 Å². The fraction of sp³-hybridized carbons (Fsp3) is 0.182. The molecule has 0 saturated heterocycles. The van der Waals surface area contributed by atoms with Crippen molar-refractivity contribution in [2.24, 2.45) is 0 Å². The SMILES string of the molecule is C#C.C/C(=C\CC=C1Cc2ccccc2S1)c1ccc(C)cc1. The molecule has 0 spiro atoms. The Morgan fingerprint density at radius 2 is 1.78 bits per heavy atom. The van der Waals surface area contributed by atoms with Crippen LogP contribution in [0, 0.1) is 19.8 Å². The molecule has 0 radical (unpaired) electrons. The number of thioether (sulfide) groups is 1. The lowest BCUT2D eigenvalue weighted by molar-refractivity contribution is 1.19. The Morgan fingerprint density at radius 3 is 2.48 bits per heavy atom. The molecular formula is C22H22S. The molecule has 0 N–H and O–H groups in total. The Bertz CT molecular complexity index is 703. The van der Waals surface area contributed by atoms with Crippen molar-refractivity contribution in [3.05, 3.63) is 82.3 Å². The molecule has 1 heteroatoms. The average molecular weight is 318 g/mol. The largest absolute Gasteiger partial charge is 0.124 e. The van der Waals surface area contributed by atoms with E-state index in [4.69, 9.17) is 0 Å². The first-order chi connectivity index (χ1) is 11.2. The first-order valence-electron chi connectivity index (χ1n) is 7.74. The smallest absolute Gasteiger partial charge is 0.0154 e. The van der Waals surface area contributed by atoms with Crippen molar-refractivity contribution in [3.63, 3.8) is 0 Å². The third-order valence-electron chi connectivity index (χ3n) is 3.85. The van der Waals surface area contributed by atoms with Crippen LogP contribution >= 0.6 is 11.8 Å². The van der Waals surface area contributed by atoms with E-state index in [1.807, 2.05) is 11.8 Å². The van der Waals surface area contributed by atoms with Crippen LogP contribution in [0.25, 0.3) is 5.57 Å². The Hall–Kier alpha value is -2.17. The zero-order valence-corrected chi connectivity index (χ0v) is 14.6. The zero-order chi connectivity index (χ0) is 16.7. The maximum absolute atomic E-state index is 4.00. The summed E-state index contributed by atoms with van der Waals surface area (Å²) in [4.78, 5) is 2.90. The molecule has 1 aliphatic rings. The van der Waals surface area contributed by atoms with Gasteiger partial charge >= 0.3 is 0 Å². The van der Waals surface area contributed by atoms with Gasteiger partial charge in [-0.3, -0.25) is 0 Å². The van der Waals surface area contributed by atoms with Gasteiger partial charge in [-0.15, -0.1) is 12.8 Å². The summed E-state index contributed by atoms with van der Waals surface area (Å²) < 4.78 is 0. The van der Waals surface area contributed by atoms with Crippen molar-refractivity contribution < 1.29 is 0 Å². The number of aryl methyl sites for hydroxylation is 1. The molecule has 1 heterocycles. The molecule has 0 fully saturated rings. The standard InChI is InChI=1S/C20H20S.C2H2/c1-15-10-12-17(13-11-15)16(2)6-5-8-19-14-18-7-3-4-9-20(18)21-19;1-2/h3-4,6-13H,5,14H2,1-2H3;1-2H/b16-6+,19-8?;. The normalized spacial score (nSPS) is 15.0. The van der Waals surface area contributed by atoms with Gasteiger partial charge in [-0.1, -0.05) is 71.9 Å². The molecule has 3 rings (SSSR count). The monoisotopic (exact) mass is 318 g/mol. The summed E-state index contributed by atoms with van der Waals surface area (Å²) in [6.07, 6.45) is 14.8. The minimum absolute atomic E-state index is 1.01. The molecule has 0 aliphatic carbocycles. The second-order valence-corrected chi connectivity index (χ2v) is 6.71. The van der Waals surface area contributed by atoms with Gasteiger partial charge in [0.05, 0.1) is 0 Å². The van der Waals surface area contributed by atoms with E-state index in [0.717, 1.165) is 12.8 Å². The van der Waals surface area contributed by atoms with Crippen LogP contribution in [0.15, 0.2) is 70.5 Å². The third-order valence-corrected chi connectivity index (χ3v) is 5.05. The van der Waals surface area contributed by atoms with Crippen molar-refractivity contribution in [2.75, 3.05) is 0 Å². The summed E-state index contributed by atoms with van der Waals surface area (Å²) in [6, 6.07) is 17.5. The number of terminal acetylenes is 1. The summed E-state index contributed by atoms with van der Waals surface area (Å²) in [5.74, 6) is 0. The Kier molecular flexibility index (Phi) is 6.32. The molecule has 116 valence electrons.